The molecule has 1 aliphatic rings. The normalized spacial score (nSPS) is 17.1. The number of rotatable bonds is 7. The Labute approximate surface area is 150 Å². The second-order valence-corrected chi connectivity index (χ2v) is 7.71. The summed E-state index contributed by atoms with van der Waals surface area (Å²) >= 11 is 3.30. The second kappa shape index (κ2) is 8.60. The van der Waals surface area contributed by atoms with Crippen molar-refractivity contribution in [2.75, 3.05) is 19.7 Å². The fourth-order valence-electron chi connectivity index (χ4n) is 2.82. The lowest BCUT2D eigenvalue weighted by Gasteiger charge is -2.25. The third-order valence-electron chi connectivity index (χ3n) is 4.16. The summed E-state index contributed by atoms with van der Waals surface area (Å²) in [7, 11) is 0. The smallest absolute Gasteiger partial charge is 0.317 e. The number of aryl methyl sites for hydroxylation is 1. The first-order valence-electron chi connectivity index (χ1n) is 8.27. The van der Waals surface area contributed by atoms with E-state index in [1.807, 2.05) is 22.7 Å². The predicted octanol–water partition coefficient (Wildman–Crippen LogP) is 3.45. The predicted molar refractivity (Wildman–Crippen MR) is 97.7 cm³/mol. The van der Waals surface area contributed by atoms with Gasteiger partial charge < -0.3 is 15.0 Å². The van der Waals surface area contributed by atoms with Crippen molar-refractivity contribution < 1.29 is 9.53 Å². The largest absolute Gasteiger partial charge is 0.376 e. The highest BCUT2D eigenvalue weighted by Gasteiger charge is 2.22. The highest BCUT2D eigenvalue weighted by Crippen LogP contribution is 2.17. The van der Waals surface area contributed by atoms with E-state index in [1.165, 1.54) is 10.4 Å². The van der Waals surface area contributed by atoms with Crippen molar-refractivity contribution in [1.82, 2.24) is 15.2 Å². The molecule has 2 aromatic heterocycles. The zero-order valence-corrected chi connectivity index (χ0v) is 15.5. The lowest BCUT2D eigenvalue weighted by molar-refractivity contribution is 0.0795. The van der Waals surface area contributed by atoms with Crippen molar-refractivity contribution in [2.24, 2.45) is 0 Å². The second-order valence-electron chi connectivity index (χ2n) is 5.99. The third-order valence-corrected chi connectivity index (χ3v) is 5.89. The number of carbonyl (C=O) groups excluding carboxylic acids is 1. The van der Waals surface area contributed by atoms with Gasteiger partial charge in [0.15, 0.2) is 0 Å². The van der Waals surface area contributed by atoms with Crippen LogP contribution in [0.3, 0.4) is 0 Å². The summed E-state index contributed by atoms with van der Waals surface area (Å²) < 4.78 is 5.71. The number of ether oxygens (including phenoxy) is 1. The summed E-state index contributed by atoms with van der Waals surface area (Å²) in [5.74, 6) is 0. The number of hydrogen-bond acceptors (Lipinski definition) is 5. The number of carbonyl (C=O) groups is 1. The minimum atomic E-state index is -0.0149. The monoisotopic (exact) mass is 365 g/mol. The van der Waals surface area contributed by atoms with Crippen molar-refractivity contribution >= 4 is 28.7 Å². The van der Waals surface area contributed by atoms with Crippen molar-refractivity contribution in [1.29, 1.82) is 0 Å². The average molecular weight is 366 g/mol. The maximum Gasteiger partial charge on any atom is 0.317 e. The van der Waals surface area contributed by atoms with Gasteiger partial charge in [0, 0.05) is 37.5 Å². The summed E-state index contributed by atoms with van der Waals surface area (Å²) in [5.41, 5.74) is 4.09. The van der Waals surface area contributed by atoms with Gasteiger partial charge in [0.25, 0.3) is 0 Å². The zero-order chi connectivity index (χ0) is 16.8. The maximum atomic E-state index is 12.6. The molecule has 0 unspecified atom stereocenters. The van der Waals surface area contributed by atoms with Gasteiger partial charge in [0.2, 0.25) is 0 Å². The standard InChI is InChI=1S/C17H23N3O2S2/c1-13-16(24-12-19-13)4-6-18-17(21)20(9-14-5-8-23-11-14)10-15-3-2-7-22-15/h5,8,11-12,15H,2-4,6-7,9-10H2,1H3,(H,18,21)/t15-/m0/s1. The first-order chi connectivity index (χ1) is 11.7. The quantitative estimate of drug-likeness (QED) is 0.818. The van der Waals surface area contributed by atoms with Crippen LogP contribution in [0.25, 0.3) is 0 Å². The Morgan fingerprint density at radius 2 is 2.46 bits per heavy atom. The number of nitrogens with zero attached hydrogens (tertiary/aromatic N) is 2. The summed E-state index contributed by atoms with van der Waals surface area (Å²) in [4.78, 5) is 20.0. The lowest BCUT2D eigenvalue weighted by Crippen LogP contribution is -2.43. The van der Waals surface area contributed by atoms with Crippen LogP contribution in [0.2, 0.25) is 0 Å². The Hall–Kier alpha value is -1.44. The maximum absolute atomic E-state index is 12.6. The van der Waals surface area contributed by atoms with Crippen LogP contribution >= 0.6 is 22.7 Å². The molecule has 3 rings (SSSR count). The first kappa shape index (κ1) is 17.4. The van der Waals surface area contributed by atoms with Crippen LogP contribution in [0.1, 0.15) is 29.0 Å². The molecular weight excluding hydrogens is 342 g/mol. The topological polar surface area (TPSA) is 54.5 Å². The number of hydrogen-bond donors (Lipinski definition) is 1. The number of urea groups is 1. The lowest BCUT2D eigenvalue weighted by atomic mass is 10.2. The van der Waals surface area contributed by atoms with Gasteiger partial charge in [-0.05, 0) is 42.2 Å². The van der Waals surface area contributed by atoms with Crippen LogP contribution in [-0.2, 0) is 17.7 Å². The Morgan fingerprint density at radius 1 is 1.54 bits per heavy atom. The highest BCUT2D eigenvalue weighted by molar-refractivity contribution is 7.09. The molecule has 5 nitrogen and oxygen atoms in total. The van der Waals surface area contributed by atoms with Crippen LogP contribution in [0.5, 0.6) is 0 Å². The van der Waals surface area contributed by atoms with E-state index in [1.54, 1.807) is 22.7 Å². The van der Waals surface area contributed by atoms with Crippen LogP contribution in [0, 0.1) is 6.92 Å². The van der Waals surface area contributed by atoms with E-state index < -0.39 is 0 Å². The van der Waals surface area contributed by atoms with Crippen LogP contribution < -0.4 is 5.32 Å². The molecule has 0 aliphatic carbocycles. The fourth-order valence-corrected chi connectivity index (χ4v) is 4.26. The zero-order valence-electron chi connectivity index (χ0n) is 13.9. The van der Waals surface area contributed by atoms with Crippen LogP contribution in [-0.4, -0.2) is 41.7 Å². The molecule has 1 N–H and O–H groups in total. The molecule has 1 atom stereocenters. The molecule has 1 aliphatic heterocycles. The molecule has 0 saturated carbocycles. The fraction of sp³-hybridized carbons (Fsp3) is 0.529. The number of aromatic nitrogens is 1. The molecule has 0 radical (unpaired) electrons. The van der Waals surface area contributed by atoms with E-state index in [4.69, 9.17) is 4.74 Å². The Balaban J connectivity index is 1.54. The van der Waals surface area contributed by atoms with Gasteiger partial charge in [-0.15, -0.1) is 11.3 Å². The van der Waals surface area contributed by atoms with Crippen LogP contribution in [0.4, 0.5) is 4.79 Å². The molecule has 0 bridgehead atoms. The summed E-state index contributed by atoms with van der Waals surface area (Å²) in [6.45, 7) is 4.74. The molecule has 130 valence electrons. The van der Waals surface area contributed by atoms with E-state index >= 15 is 0 Å². The number of thiophene rings is 1. The molecule has 1 saturated heterocycles. The minimum Gasteiger partial charge on any atom is -0.376 e. The van der Waals surface area contributed by atoms with Gasteiger partial charge in [-0.3, -0.25) is 0 Å². The molecule has 0 aromatic carbocycles. The number of nitrogens with one attached hydrogen (secondary N) is 1. The highest BCUT2D eigenvalue weighted by atomic mass is 32.1. The Morgan fingerprint density at radius 3 is 3.12 bits per heavy atom. The first-order valence-corrected chi connectivity index (χ1v) is 10.1. The van der Waals surface area contributed by atoms with E-state index in [-0.39, 0.29) is 12.1 Å². The van der Waals surface area contributed by atoms with Gasteiger partial charge in [-0.25, -0.2) is 9.78 Å². The Kier molecular flexibility index (Phi) is 6.23. The molecule has 7 heteroatoms. The molecule has 2 amide bonds. The number of amides is 2. The van der Waals surface area contributed by atoms with Gasteiger partial charge in [0.1, 0.15) is 0 Å². The van der Waals surface area contributed by atoms with E-state index in [9.17, 15) is 4.79 Å². The van der Waals surface area contributed by atoms with Gasteiger partial charge in [0.05, 0.1) is 17.3 Å². The van der Waals surface area contributed by atoms with E-state index in [2.05, 4.69) is 21.7 Å². The molecule has 1 fully saturated rings. The van der Waals surface area contributed by atoms with Gasteiger partial charge >= 0.3 is 6.03 Å². The van der Waals surface area contributed by atoms with Crippen LogP contribution in [0.15, 0.2) is 22.3 Å². The van der Waals surface area contributed by atoms with E-state index in [0.717, 1.165) is 31.6 Å². The summed E-state index contributed by atoms with van der Waals surface area (Å²) in [6.07, 6.45) is 3.11. The molecular formula is C17H23N3O2S2. The van der Waals surface area contributed by atoms with Crippen molar-refractivity contribution in [3.8, 4) is 0 Å². The SMILES string of the molecule is Cc1ncsc1CCNC(=O)N(Cc1ccsc1)C[C@@H]1CCCO1. The molecule has 24 heavy (non-hydrogen) atoms. The van der Waals surface area contributed by atoms with E-state index in [0.29, 0.717) is 19.6 Å². The van der Waals surface area contributed by atoms with Gasteiger partial charge in [-0.1, -0.05) is 0 Å². The molecule has 3 heterocycles. The Bertz CT molecular complexity index is 636. The minimum absolute atomic E-state index is 0.0149. The number of thiazole rings is 1. The molecule has 2 aromatic rings. The molecule has 0 spiro atoms. The van der Waals surface area contributed by atoms with Gasteiger partial charge in [-0.2, -0.15) is 11.3 Å². The van der Waals surface area contributed by atoms with Crippen molar-refractivity contribution in [3.05, 3.63) is 38.5 Å². The summed E-state index contributed by atoms with van der Waals surface area (Å²) in [5, 5.41) is 7.19. The van der Waals surface area contributed by atoms with Crippen molar-refractivity contribution in [2.45, 2.75) is 38.8 Å². The average Bonchev–Trinajstić information content (AvgIpc) is 3.31. The summed E-state index contributed by atoms with van der Waals surface area (Å²) in [6, 6.07) is 2.06. The van der Waals surface area contributed by atoms with Crippen molar-refractivity contribution in [3.63, 3.8) is 0 Å². The third kappa shape index (κ3) is 4.78.